The Morgan fingerprint density at radius 1 is 1.53 bits per heavy atom. The molecule has 1 fully saturated rings. The fourth-order valence-corrected chi connectivity index (χ4v) is 2.08. The van der Waals surface area contributed by atoms with Crippen molar-refractivity contribution < 1.29 is 0 Å². The van der Waals surface area contributed by atoms with Gasteiger partial charge in [-0.2, -0.15) is 0 Å². The van der Waals surface area contributed by atoms with Gasteiger partial charge in [-0.3, -0.25) is 0 Å². The van der Waals surface area contributed by atoms with Crippen molar-refractivity contribution >= 4 is 0 Å². The Balaban J connectivity index is 1.77. The Morgan fingerprint density at radius 2 is 2.27 bits per heavy atom. The van der Waals surface area contributed by atoms with Gasteiger partial charge >= 0.3 is 0 Å². The van der Waals surface area contributed by atoms with Gasteiger partial charge in [-0.1, -0.05) is 0 Å². The molecule has 1 aliphatic carbocycles. The van der Waals surface area contributed by atoms with Crippen LogP contribution in [0.1, 0.15) is 32.5 Å². The number of aromatic nitrogens is 2. The van der Waals surface area contributed by atoms with Crippen LogP contribution >= 0.6 is 0 Å². The summed E-state index contributed by atoms with van der Waals surface area (Å²) in [5, 5.41) is 3.63. The van der Waals surface area contributed by atoms with E-state index < -0.39 is 0 Å². The number of nitrogens with one attached hydrogen (secondary N) is 1. The van der Waals surface area contributed by atoms with Gasteiger partial charge in [-0.25, -0.2) is 4.98 Å². The molecule has 15 heavy (non-hydrogen) atoms. The second-order valence-corrected chi connectivity index (χ2v) is 5.13. The van der Waals surface area contributed by atoms with Crippen LogP contribution < -0.4 is 5.32 Å². The molecule has 1 N–H and O–H groups in total. The van der Waals surface area contributed by atoms with Gasteiger partial charge in [-0.05, 0) is 32.6 Å². The van der Waals surface area contributed by atoms with Crippen LogP contribution in [0.25, 0.3) is 0 Å². The minimum atomic E-state index is 0.311. The fourth-order valence-electron chi connectivity index (χ4n) is 2.08. The largest absolute Gasteiger partial charge is 0.338 e. The summed E-state index contributed by atoms with van der Waals surface area (Å²) in [6, 6.07) is 0. The van der Waals surface area contributed by atoms with Gasteiger partial charge in [-0.15, -0.1) is 0 Å². The molecular formula is C12H21N3. The van der Waals surface area contributed by atoms with Crippen LogP contribution in [-0.2, 0) is 13.5 Å². The van der Waals surface area contributed by atoms with Crippen LogP contribution in [-0.4, -0.2) is 21.6 Å². The first kappa shape index (κ1) is 10.7. The first-order valence-corrected chi connectivity index (χ1v) is 5.81. The molecule has 0 aromatic carbocycles. The molecule has 0 spiro atoms. The highest BCUT2D eigenvalue weighted by atomic mass is 15.0. The zero-order chi connectivity index (χ0) is 10.9. The van der Waals surface area contributed by atoms with Crippen molar-refractivity contribution in [1.82, 2.24) is 14.9 Å². The summed E-state index contributed by atoms with van der Waals surface area (Å²) in [4.78, 5) is 4.32. The zero-order valence-corrected chi connectivity index (χ0v) is 9.95. The summed E-state index contributed by atoms with van der Waals surface area (Å²) in [7, 11) is 2.05. The smallest absolute Gasteiger partial charge is 0.109 e. The molecule has 1 saturated carbocycles. The van der Waals surface area contributed by atoms with Gasteiger partial charge in [0.25, 0.3) is 0 Å². The van der Waals surface area contributed by atoms with Gasteiger partial charge in [0.1, 0.15) is 5.82 Å². The standard InChI is InChI=1S/C12H21N3/c1-12(2,10-4-5-10)14-7-6-11-13-8-9-15(11)3/h8-10,14H,4-7H2,1-3H3. The number of rotatable bonds is 5. The van der Waals surface area contributed by atoms with Gasteiger partial charge in [0.05, 0.1) is 0 Å². The average Bonchev–Trinajstić information content (AvgIpc) is 2.94. The highest BCUT2D eigenvalue weighted by molar-refractivity contribution is 4.96. The second kappa shape index (κ2) is 3.97. The number of hydrogen-bond acceptors (Lipinski definition) is 2. The van der Waals surface area contributed by atoms with Crippen LogP contribution in [0.4, 0.5) is 0 Å². The van der Waals surface area contributed by atoms with Crippen molar-refractivity contribution in [3.05, 3.63) is 18.2 Å². The van der Waals surface area contributed by atoms with Crippen molar-refractivity contribution in [2.75, 3.05) is 6.54 Å². The number of imidazole rings is 1. The molecule has 0 aliphatic heterocycles. The first-order chi connectivity index (χ1) is 7.09. The molecule has 0 radical (unpaired) electrons. The molecule has 0 bridgehead atoms. The molecule has 1 heterocycles. The maximum Gasteiger partial charge on any atom is 0.109 e. The van der Waals surface area contributed by atoms with E-state index in [4.69, 9.17) is 0 Å². The lowest BCUT2D eigenvalue weighted by molar-refractivity contribution is 0.343. The Bertz CT molecular complexity index is 323. The van der Waals surface area contributed by atoms with E-state index in [1.165, 1.54) is 12.8 Å². The maximum atomic E-state index is 4.32. The molecule has 0 amide bonds. The van der Waals surface area contributed by atoms with Gasteiger partial charge < -0.3 is 9.88 Å². The normalized spacial score (nSPS) is 17.0. The SMILES string of the molecule is Cn1ccnc1CCNC(C)(C)C1CC1. The molecule has 84 valence electrons. The fraction of sp³-hybridized carbons (Fsp3) is 0.750. The van der Waals surface area contributed by atoms with Crippen LogP contribution in [0.15, 0.2) is 12.4 Å². The molecule has 1 aromatic heterocycles. The number of hydrogen-bond donors (Lipinski definition) is 1. The molecule has 0 saturated heterocycles. The lowest BCUT2D eigenvalue weighted by Crippen LogP contribution is -2.42. The van der Waals surface area contributed by atoms with Crippen LogP contribution in [0.5, 0.6) is 0 Å². The van der Waals surface area contributed by atoms with Crippen molar-refractivity contribution in [3.8, 4) is 0 Å². The maximum absolute atomic E-state index is 4.32. The molecule has 1 aromatic rings. The van der Waals surface area contributed by atoms with E-state index in [0.717, 1.165) is 24.7 Å². The predicted molar refractivity (Wildman–Crippen MR) is 61.7 cm³/mol. The molecule has 3 nitrogen and oxygen atoms in total. The second-order valence-electron chi connectivity index (χ2n) is 5.13. The summed E-state index contributed by atoms with van der Waals surface area (Å²) >= 11 is 0. The van der Waals surface area contributed by atoms with E-state index in [1.54, 1.807) is 0 Å². The Morgan fingerprint density at radius 3 is 2.80 bits per heavy atom. The molecular weight excluding hydrogens is 186 g/mol. The quantitative estimate of drug-likeness (QED) is 0.797. The van der Waals surface area contributed by atoms with Crippen LogP contribution in [0, 0.1) is 5.92 Å². The lowest BCUT2D eigenvalue weighted by atomic mass is 9.99. The van der Waals surface area contributed by atoms with Gasteiger partial charge in [0, 0.05) is 37.9 Å². The monoisotopic (exact) mass is 207 g/mol. The van der Waals surface area contributed by atoms with Crippen LogP contribution in [0.3, 0.4) is 0 Å². The first-order valence-electron chi connectivity index (χ1n) is 5.81. The summed E-state index contributed by atoms with van der Waals surface area (Å²) in [5.41, 5.74) is 0.311. The van der Waals surface area contributed by atoms with Gasteiger partial charge in [0.15, 0.2) is 0 Å². The highest BCUT2D eigenvalue weighted by Crippen LogP contribution is 2.38. The Hall–Kier alpha value is -0.830. The van der Waals surface area contributed by atoms with E-state index in [0.29, 0.717) is 5.54 Å². The van der Waals surface area contributed by atoms with E-state index in [-0.39, 0.29) is 0 Å². The number of aryl methyl sites for hydroxylation is 1. The van der Waals surface area contributed by atoms with Crippen molar-refractivity contribution in [2.24, 2.45) is 13.0 Å². The predicted octanol–water partition coefficient (Wildman–Crippen LogP) is 1.74. The summed E-state index contributed by atoms with van der Waals surface area (Å²) in [6.07, 6.45) is 7.66. The average molecular weight is 207 g/mol. The van der Waals surface area contributed by atoms with E-state index >= 15 is 0 Å². The van der Waals surface area contributed by atoms with Crippen molar-refractivity contribution in [3.63, 3.8) is 0 Å². The highest BCUT2D eigenvalue weighted by Gasteiger charge is 2.36. The topological polar surface area (TPSA) is 29.9 Å². The summed E-state index contributed by atoms with van der Waals surface area (Å²) in [5.74, 6) is 2.05. The zero-order valence-electron chi connectivity index (χ0n) is 9.95. The van der Waals surface area contributed by atoms with E-state index in [9.17, 15) is 0 Å². The van der Waals surface area contributed by atoms with Gasteiger partial charge in [0.2, 0.25) is 0 Å². The summed E-state index contributed by atoms with van der Waals surface area (Å²) in [6.45, 7) is 5.64. The van der Waals surface area contributed by atoms with E-state index in [1.807, 2.05) is 19.4 Å². The third-order valence-corrected chi connectivity index (χ3v) is 3.45. The Labute approximate surface area is 91.9 Å². The Kier molecular flexibility index (Phi) is 2.83. The third-order valence-electron chi connectivity index (χ3n) is 3.45. The molecule has 0 unspecified atom stereocenters. The lowest BCUT2D eigenvalue weighted by Gasteiger charge is -2.26. The summed E-state index contributed by atoms with van der Waals surface area (Å²) < 4.78 is 2.09. The van der Waals surface area contributed by atoms with Crippen molar-refractivity contribution in [2.45, 2.75) is 38.6 Å². The third kappa shape index (κ3) is 2.59. The molecule has 1 aliphatic rings. The van der Waals surface area contributed by atoms with Crippen molar-refractivity contribution in [1.29, 1.82) is 0 Å². The minimum absolute atomic E-state index is 0.311. The van der Waals surface area contributed by atoms with Crippen LogP contribution in [0.2, 0.25) is 0 Å². The molecule has 3 heteroatoms. The number of nitrogens with zero attached hydrogens (tertiary/aromatic N) is 2. The minimum Gasteiger partial charge on any atom is -0.338 e. The van der Waals surface area contributed by atoms with E-state index in [2.05, 4.69) is 28.7 Å². The molecule has 0 atom stereocenters. The molecule has 2 rings (SSSR count).